The Kier molecular flexibility index (Phi) is 3.81. The molecule has 0 spiro atoms. The van der Waals surface area contributed by atoms with Gasteiger partial charge in [-0.25, -0.2) is 4.98 Å². The monoisotopic (exact) mass is 336 g/mol. The molecular weight excluding hydrogens is 320 g/mol. The van der Waals surface area contributed by atoms with Gasteiger partial charge in [0.1, 0.15) is 5.82 Å². The fraction of sp³-hybridized carbons (Fsp3) is 0.167. The lowest BCUT2D eigenvalue weighted by molar-refractivity contribution is 0.0940. The van der Waals surface area contributed by atoms with E-state index in [0.717, 1.165) is 23.4 Å². The van der Waals surface area contributed by atoms with E-state index in [2.05, 4.69) is 20.0 Å². The number of nitrogens with one attached hydrogen (secondary N) is 1. The molecule has 3 heterocycles. The number of amides is 1. The summed E-state index contributed by atoms with van der Waals surface area (Å²) in [6.07, 6.45) is 1.53. The Morgan fingerprint density at radius 2 is 2.08 bits per heavy atom. The van der Waals surface area contributed by atoms with Crippen molar-refractivity contribution >= 4 is 16.9 Å². The summed E-state index contributed by atoms with van der Waals surface area (Å²) < 4.78 is 12.5. The van der Waals surface area contributed by atoms with E-state index in [-0.39, 0.29) is 11.6 Å². The Hall–Kier alpha value is -3.35. The predicted octanol–water partition coefficient (Wildman–Crippen LogP) is 3.23. The normalized spacial score (nSPS) is 11.1. The van der Waals surface area contributed by atoms with Crippen LogP contribution in [-0.4, -0.2) is 20.6 Å². The molecule has 7 heteroatoms. The number of carbonyl (C=O) groups excluding carboxylic acids is 1. The summed E-state index contributed by atoms with van der Waals surface area (Å²) in [4.78, 5) is 16.9. The summed E-state index contributed by atoms with van der Waals surface area (Å²) in [5.74, 6) is 1.42. The highest BCUT2D eigenvalue weighted by Gasteiger charge is 2.16. The molecule has 0 saturated heterocycles. The van der Waals surface area contributed by atoms with Gasteiger partial charge in [-0.1, -0.05) is 17.3 Å². The van der Waals surface area contributed by atoms with Gasteiger partial charge in [0.05, 0.1) is 23.8 Å². The Morgan fingerprint density at radius 3 is 2.88 bits per heavy atom. The molecule has 7 nitrogen and oxygen atoms in total. The number of aromatic nitrogens is 3. The minimum Gasteiger partial charge on any atom is -0.461 e. The third-order valence-electron chi connectivity index (χ3n) is 3.96. The van der Waals surface area contributed by atoms with E-state index < -0.39 is 0 Å². The lowest BCUT2D eigenvalue weighted by Crippen LogP contribution is -2.24. The second kappa shape index (κ2) is 6.27. The van der Waals surface area contributed by atoms with Crippen molar-refractivity contribution in [3.63, 3.8) is 0 Å². The third kappa shape index (κ3) is 2.80. The van der Waals surface area contributed by atoms with Crippen molar-refractivity contribution in [3.05, 3.63) is 60.2 Å². The number of aryl methyl sites for hydroxylation is 1. The lowest BCUT2D eigenvalue weighted by Gasteiger charge is -2.06. The molecule has 0 aliphatic heterocycles. The first-order valence-electron chi connectivity index (χ1n) is 7.99. The van der Waals surface area contributed by atoms with E-state index in [0.29, 0.717) is 18.1 Å². The number of hydrogen-bond acceptors (Lipinski definition) is 5. The number of benzene rings is 1. The van der Waals surface area contributed by atoms with Gasteiger partial charge in [-0.3, -0.25) is 4.79 Å². The van der Waals surface area contributed by atoms with Crippen molar-refractivity contribution in [2.75, 3.05) is 0 Å². The number of furan rings is 1. The van der Waals surface area contributed by atoms with Crippen molar-refractivity contribution in [1.29, 1.82) is 0 Å². The van der Waals surface area contributed by atoms with Gasteiger partial charge in [0.2, 0.25) is 5.76 Å². The van der Waals surface area contributed by atoms with E-state index in [4.69, 9.17) is 8.94 Å². The highest BCUT2D eigenvalue weighted by Crippen LogP contribution is 2.20. The van der Waals surface area contributed by atoms with Crippen LogP contribution in [-0.2, 0) is 13.1 Å². The second-order valence-corrected chi connectivity index (χ2v) is 5.50. The van der Waals surface area contributed by atoms with Crippen LogP contribution in [0.5, 0.6) is 0 Å². The lowest BCUT2D eigenvalue weighted by atomic mass is 10.3. The number of rotatable bonds is 5. The first-order chi connectivity index (χ1) is 12.3. The Morgan fingerprint density at radius 1 is 1.20 bits per heavy atom. The van der Waals surface area contributed by atoms with Gasteiger partial charge in [-0.05, 0) is 31.2 Å². The predicted molar refractivity (Wildman–Crippen MR) is 90.8 cm³/mol. The number of para-hydroxylation sites is 2. The maximum absolute atomic E-state index is 12.3. The number of hydrogen-bond donors (Lipinski definition) is 1. The molecule has 0 saturated carbocycles. The van der Waals surface area contributed by atoms with Crippen molar-refractivity contribution < 1.29 is 13.7 Å². The summed E-state index contributed by atoms with van der Waals surface area (Å²) in [6.45, 7) is 3.13. The van der Waals surface area contributed by atoms with E-state index in [1.807, 2.05) is 31.2 Å². The minimum atomic E-state index is -0.323. The summed E-state index contributed by atoms with van der Waals surface area (Å²) >= 11 is 0. The van der Waals surface area contributed by atoms with Crippen LogP contribution in [0.4, 0.5) is 0 Å². The average molecular weight is 336 g/mol. The quantitative estimate of drug-likeness (QED) is 0.605. The molecule has 3 aromatic heterocycles. The van der Waals surface area contributed by atoms with Crippen LogP contribution in [0.15, 0.2) is 57.7 Å². The fourth-order valence-electron chi connectivity index (χ4n) is 2.78. The largest absolute Gasteiger partial charge is 0.461 e. The summed E-state index contributed by atoms with van der Waals surface area (Å²) in [5, 5.41) is 6.63. The summed E-state index contributed by atoms with van der Waals surface area (Å²) in [7, 11) is 0. The third-order valence-corrected chi connectivity index (χ3v) is 3.96. The van der Waals surface area contributed by atoms with Gasteiger partial charge < -0.3 is 18.8 Å². The fourth-order valence-corrected chi connectivity index (χ4v) is 2.78. The smallest absolute Gasteiger partial charge is 0.273 e. The molecule has 4 aromatic rings. The molecular formula is C18H16N4O3. The Labute approximate surface area is 143 Å². The average Bonchev–Trinajstić information content (AvgIpc) is 3.37. The zero-order chi connectivity index (χ0) is 17.2. The van der Waals surface area contributed by atoms with E-state index in [1.54, 1.807) is 18.2 Å². The molecule has 25 heavy (non-hydrogen) atoms. The minimum absolute atomic E-state index is 0.200. The van der Waals surface area contributed by atoms with Gasteiger partial charge in [-0.2, -0.15) is 0 Å². The first-order valence-corrected chi connectivity index (χ1v) is 7.99. The van der Waals surface area contributed by atoms with Gasteiger partial charge in [0.25, 0.3) is 5.91 Å². The highest BCUT2D eigenvalue weighted by molar-refractivity contribution is 5.92. The maximum atomic E-state index is 12.3. The van der Waals surface area contributed by atoms with Crippen LogP contribution < -0.4 is 5.32 Å². The summed E-state index contributed by atoms with van der Waals surface area (Å²) in [6, 6.07) is 12.9. The van der Waals surface area contributed by atoms with Crippen LogP contribution in [0.25, 0.3) is 22.6 Å². The zero-order valence-electron chi connectivity index (χ0n) is 13.6. The number of fused-ring (bicyclic) bond motifs is 1. The highest BCUT2D eigenvalue weighted by atomic mass is 16.5. The van der Waals surface area contributed by atoms with Gasteiger partial charge in [0.15, 0.2) is 11.5 Å². The van der Waals surface area contributed by atoms with Crippen molar-refractivity contribution in [1.82, 2.24) is 20.0 Å². The molecule has 1 aromatic carbocycles. The maximum Gasteiger partial charge on any atom is 0.273 e. The molecule has 0 fully saturated rings. The van der Waals surface area contributed by atoms with E-state index >= 15 is 0 Å². The van der Waals surface area contributed by atoms with Crippen molar-refractivity contribution in [2.24, 2.45) is 0 Å². The molecule has 0 aliphatic carbocycles. The molecule has 0 aliphatic rings. The standard InChI is InChI=1S/C18H16N4O3/c1-2-22-14-7-4-3-6-12(14)20-17(22)11-19-18(23)13-10-16(25-21-13)15-8-5-9-24-15/h3-10H,2,11H2,1H3,(H,19,23). The number of carbonyl (C=O) groups is 1. The molecule has 4 rings (SSSR count). The van der Waals surface area contributed by atoms with Crippen LogP contribution in [0.1, 0.15) is 23.2 Å². The van der Waals surface area contributed by atoms with Crippen LogP contribution >= 0.6 is 0 Å². The zero-order valence-corrected chi connectivity index (χ0v) is 13.6. The van der Waals surface area contributed by atoms with Crippen LogP contribution in [0, 0.1) is 0 Å². The first kappa shape index (κ1) is 15.2. The molecule has 1 amide bonds. The van der Waals surface area contributed by atoms with Gasteiger partial charge in [-0.15, -0.1) is 0 Å². The topological polar surface area (TPSA) is 86.1 Å². The number of imidazole rings is 1. The van der Waals surface area contributed by atoms with Crippen LogP contribution in [0.2, 0.25) is 0 Å². The molecule has 0 unspecified atom stereocenters. The number of nitrogens with zero attached hydrogens (tertiary/aromatic N) is 3. The second-order valence-electron chi connectivity index (χ2n) is 5.50. The van der Waals surface area contributed by atoms with E-state index in [1.165, 1.54) is 6.26 Å². The molecule has 1 N–H and O–H groups in total. The Bertz CT molecular complexity index is 1010. The molecule has 0 radical (unpaired) electrons. The summed E-state index contributed by atoms with van der Waals surface area (Å²) in [5.41, 5.74) is 2.16. The molecule has 0 bridgehead atoms. The van der Waals surface area contributed by atoms with E-state index in [9.17, 15) is 4.79 Å². The van der Waals surface area contributed by atoms with Gasteiger partial charge >= 0.3 is 0 Å². The van der Waals surface area contributed by atoms with Crippen molar-refractivity contribution in [3.8, 4) is 11.5 Å². The Balaban J connectivity index is 1.51. The SMILES string of the molecule is CCn1c(CNC(=O)c2cc(-c3ccco3)on2)nc2ccccc21. The van der Waals surface area contributed by atoms with Gasteiger partial charge in [0, 0.05) is 12.6 Å². The molecule has 126 valence electrons. The van der Waals surface area contributed by atoms with Crippen molar-refractivity contribution in [2.45, 2.75) is 20.0 Å². The van der Waals surface area contributed by atoms with Crippen LogP contribution in [0.3, 0.4) is 0 Å². The molecule has 0 atom stereocenters.